The van der Waals surface area contributed by atoms with Crippen molar-refractivity contribution < 1.29 is 13.3 Å². The Morgan fingerprint density at radius 3 is 2.94 bits per heavy atom. The maximum atomic E-state index is 13.4. The van der Waals surface area contributed by atoms with Gasteiger partial charge in [-0.2, -0.15) is 0 Å². The van der Waals surface area contributed by atoms with Gasteiger partial charge >= 0.3 is 0 Å². The predicted molar refractivity (Wildman–Crippen MR) is 54.7 cm³/mol. The topological polar surface area (TPSA) is 74.8 Å². The summed E-state index contributed by atoms with van der Waals surface area (Å²) in [4.78, 5) is 2.55. The molecule has 0 fully saturated rings. The average Bonchev–Trinajstić information content (AvgIpc) is 2.78. The van der Waals surface area contributed by atoms with E-state index in [2.05, 4.69) is 15.2 Å². The fourth-order valence-electron chi connectivity index (χ4n) is 1.31. The van der Waals surface area contributed by atoms with Crippen molar-refractivity contribution in [1.29, 1.82) is 0 Å². The molecule has 0 saturated carbocycles. The lowest BCUT2D eigenvalue weighted by Gasteiger charge is -1.97. The second kappa shape index (κ2) is 4.63. The number of halogens is 2. The molecule has 0 aliphatic heterocycles. The van der Waals surface area contributed by atoms with E-state index < -0.39 is 11.6 Å². The normalized spacial score (nSPS) is 10.0. The quantitative estimate of drug-likeness (QED) is 0.465. The van der Waals surface area contributed by atoms with Crippen LogP contribution < -0.4 is 0 Å². The molecule has 17 heavy (non-hydrogen) atoms. The summed E-state index contributed by atoms with van der Waals surface area (Å²) in [7, 11) is 0. The molecule has 0 aliphatic rings. The molecular weight excluding hydrogens is 230 g/mol. The van der Waals surface area contributed by atoms with Crippen molar-refractivity contribution in [3.05, 3.63) is 52.1 Å². The maximum Gasteiger partial charge on any atom is 0.143 e. The minimum absolute atomic E-state index is 0.000868. The van der Waals surface area contributed by atoms with Crippen molar-refractivity contribution in [2.45, 2.75) is 6.54 Å². The summed E-state index contributed by atoms with van der Waals surface area (Å²) in [5, 5.41) is 6.84. The van der Waals surface area contributed by atoms with Gasteiger partial charge in [-0.05, 0) is 23.7 Å². The van der Waals surface area contributed by atoms with Crippen LogP contribution in [0.1, 0.15) is 5.76 Å². The fourth-order valence-corrected chi connectivity index (χ4v) is 1.31. The number of nitrogens with zero attached hydrogens (tertiary/aromatic N) is 4. The van der Waals surface area contributed by atoms with Crippen LogP contribution in [-0.4, -0.2) is 5.16 Å². The molecule has 0 radical (unpaired) electrons. The van der Waals surface area contributed by atoms with Crippen molar-refractivity contribution in [2.24, 2.45) is 5.11 Å². The highest BCUT2D eigenvalue weighted by Crippen LogP contribution is 2.23. The zero-order valence-corrected chi connectivity index (χ0v) is 8.47. The SMILES string of the molecule is [N-]=[N+]=NCc1cc(-c2cc(F)ccc2F)no1. The van der Waals surface area contributed by atoms with Crippen molar-refractivity contribution in [1.82, 2.24) is 5.16 Å². The number of hydrogen-bond acceptors (Lipinski definition) is 3. The predicted octanol–water partition coefficient (Wildman–Crippen LogP) is 3.43. The Hall–Kier alpha value is -2.40. The molecule has 2 aromatic rings. The average molecular weight is 236 g/mol. The third-order valence-corrected chi connectivity index (χ3v) is 2.05. The summed E-state index contributed by atoms with van der Waals surface area (Å²) in [6, 6.07) is 4.43. The fraction of sp³-hybridized carbons (Fsp3) is 0.100. The maximum absolute atomic E-state index is 13.4. The summed E-state index contributed by atoms with van der Waals surface area (Å²) in [6.45, 7) is -0.0273. The van der Waals surface area contributed by atoms with Crippen LogP contribution in [-0.2, 0) is 6.54 Å². The molecule has 0 aliphatic carbocycles. The highest BCUT2D eigenvalue weighted by Gasteiger charge is 2.11. The molecule has 7 heteroatoms. The van der Waals surface area contributed by atoms with Crippen LogP contribution >= 0.6 is 0 Å². The Bertz CT molecular complexity index is 590. The van der Waals surface area contributed by atoms with Gasteiger partial charge in [-0.3, -0.25) is 0 Å². The molecule has 2 rings (SSSR count). The summed E-state index contributed by atoms with van der Waals surface area (Å²) >= 11 is 0. The first kappa shape index (κ1) is 11.1. The smallest absolute Gasteiger partial charge is 0.143 e. The van der Waals surface area contributed by atoms with Gasteiger partial charge in [-0.25, -0.2) is 8.78 Å². The molecule has 0 spiro atoms. The van der Waals surface area contributed by atoms with Crippen molar-refractivity contribution in [2.75, 3.05) is 0 Å². The molecule has 0 saturated heterocycles. The first-order chi connectivity index (χ1) is 8.20. The van der Waals surface area contributed by atoms with E-state index in [4.69, 9.17) is 10.1 Å². The largest absolute Gasteiger partial charge is 0.361 e. The number of azide groups is 1. The summed E-state index contributed by atoms with van der Waals surface area (Å²) in [6.07, 6.45) is 0. The van der Waals surface area contributed by atoms with Crippen molar-refractivity contribution in [3.63, 3.8) is 0 Å². The van der Waals surface area contributed by atoms with Crippen LogP contribution in [0.15, 0.2) is 33.9 Å². The van der Waals surface area contributed by atoms with E-state index in [0.29, 0.717) is 0 Å². The standard InChI is InChI=1S/C10H6F2N4O/c11-6-1-2-9(12)8(3-6)10-4-7(17-15-10)5-14-16-13/h1-4H,5H2. The number of benzene rings is 1. The van der Waals surface area contributed by atoms with Gasteiger partial charge in [0.05, 0.1) is 6.54 Å². The Balaban J connectivity index is 2.36. The first-order valence-electron chi connectivity index (χ1n) is 4.62. The van der Waals surface area contributed by atoms with Crippen LogP contribution in [0.3, 0.4) is 0 Å². The Morgan fingerprint density at radius 1 is 1.35 bits per heavy atom. The molecule has 1 aromatic heterocycles. The lowest BCUT2D eigenvalue weighted by molar-refractivity contribution is 0.386. The Morgan fingerprint density at radius 2 is 2.18 bits per heavy atom. The molecule has 1 heterocycles. The van der Waals surface area contributed by atoms with Gasteiger partial charge in [-0.1, -0.05) is 10.3 Å². The van der Waals surface area contributed by atoms with Gasteiger partial charge in [0.15, 0.2) is 0 Å². The monoisotopic (exact) mass is 236 g/mol. The van der Waals surface area contributed by atoms with Crippen LogP contribution in [0.2, 0.25) is 0 Å². The Kier molecular flexibility index (Phi) is 3.02. The minimum atomic E-state index is -0.602. The third kappa shape index (κ3) is 2.40. The molecule has 86 valence electrons. The van der Waals surface area contributed by atoms with E-state index >= 15 is 0 Å². The van der Waals surface area contributed by atoms with Crippen LogP contribution in [0, 0.1) is 11.6 Å². The first-order valence-corrected chi connectivity index (χ1v) is 4.62. The van der Waals surface area contributed by atoms with Crippen molar-refractivity contribution >= 4 is 0 Å². The zero-order chi connectivity index (χ0) is 12.3. The lowest BCUT2D eigenvalue weighted by atomic mass is 10.1. The molecule has 1 aromatic carbocycles. The summed E-state index contributed by atoms with van der Waals surface area (Å²) in [5.74, 6) is -0.891. The van der Waals surface area contributed by atoms with Gasteiger partial charge in [0, 0.05) is 16.5 Å². The van der Waals surface area contributed by atoms with Crippen LogP contribution in [0.5, 0.6) is 0 Å². The molecule has 0 bridgehead atoms. The van der Waals surface area contributed by atoms with Crippen LogP contribution in [0.25, 0.3) is 21.7 Å². The van der Waals surface area contributed by atoms with E-state index in [1.165, 1.54) is 6.07 Å². The zero-order valence-electron chi connectivity index (χ0n) is 8.47. The highest BCUT2D eigenvalue weighted by atomic mass is 19.1. The number of rotatable bonds is 3. The third-order valence-electron chi connectivity index (χ3n) is 2.05. The van der Waals surface area contributed by atoms with Gasteiger partial charge in [-0.15, -0.1) is 0 Å². The van der Waals surface area contributed by atoms with Gasteiger partial charge in [0.1, 0.15) is 23.1 Å². The van der Waals surface area contributed by atoms with E-state index in [1.807, 2.05) is 0 Å². The molecule has 0 unspecified atom stereocenters. The minimum Gasteiger partial charge on any atom is -0.361 e. The van der Waals surface area contributed by atoms with E-state index in [-0.39, 0.29) is 23.6 Å². The lowest BCUT2D eigenvalue weighted by Crippen LogP contribution is -1.85. The molecular formula is C10H6F2N4O. The second-order valence-electron chi connectivity index (χ2n) is 3.19. The molecule has 0 atom stereocenters. The number of hydrogen-bond donors (Lipinski definition) is 0. The molecule has 5 nitrogen and oxygen atoms in total. The summed E-state index contributed by atoms with van der Waals surface area (Å²) < 4.78 is 31.1. The summed E-state index contributed by atoms with van der Waals surface area (Å²) in [5.41, 5.74) is 8.28. The van der Waals surface area contributed by atoms with Gasteiger partial charge in [0.2, 0.25) is 0 Å². The van der Waals surface area contributed by atoms with E-state index in [0.717, 1.165) is 18.2 Å². The van der Waals surface area contributed by atoms with Crippen molar-refractivity contribution in [3.8, 4) is 11.3 Å². The van der Waals surface area contributed by atoms with Gasteiger partial charge in [0.25, 0.3) is 0 Å². The Labute approximate surface area is 94.3 Å². The van der Waals surface area contributed by atoms with E-state index in [1.54, 1.807) is 0 Å². The molecule has 0 amide bonds. The van der Waals surface area contributed by atoms with E-state index in [9.17, 15) is 8.78 Å². The highest BCUT2D eigenvalue weighted by molar-refractivity contribution is 5.59. The molecule has 0 N–H and O–H groups in total. The second-order valence-corrected chi connectivity index (χ2v) is 3.19. The van der Waals surface area contributed by atoms with Gasteiger partial charge < -0.3 is 4.52 Å². The number of aromatic nitrogens is 1. The van der Waals surface area contributed by atoms with Crippen LogP contribution in [0.4, 0.5) is 8.78 Å².